The largest absolute Gasteiger partial charge is 0.372 e. The second-order valence-corrected chi connectivity index (χ2v) is 7.22. The maximum atomic E-state index is 12.3. The van der Waals surface area contributed by atoms with Crippen molar-refractivity contribution >= 4 is 17.9 Å². The smallest absolute Gasteiger partial charge is 0.270 e. The summed E-state index contributed by atoms with van der Waals surface area (Å²) in [6.45, 7) is 4.27. The van der Waals surface area contributed by atoms with Crippen molar-refractivity contribution in [3.05, 3.63) is 75.6 Å². The molecule has 3 aromatic rings. The topological polar surface area (TPSA) is 97.2 Å². The van der Waals surface area contributed by atoms with E-state index in [1.54, 1.807) is 18.3 Å². The molecule has 1 aromatic heterocycles. The number of hydrogen-bond acceptors (Lipinski definition) is 6. The van der Waals surface area contributed by atoms with Gasteiger partial charge in [-0.3, -0.25) is 9.78 Å². The molecule has 1 aliphatic heterocycles. The van der Waals surface area contributed by atoms with Crippen molar-refractivity contribution in [2.45, 2.75) is 19.8 Å². The van der Waals surface area contributed by atoms with E-state index >= 15 is 0 Å². The minimum Gasteiger partial charge on any atom is -0.372 e. The van der Waals surface area contributed by atoms with Crippen molar-refractivity contribution in [3.8, 4) is 17.3 Å². The van der Waals surface area contributed by atoms with E-state index in [4.69, 9.17) is 0 Å². The summed E-state index contributed by atoms with van der Waals surface area (Å²) in [5, 5.41) is 13.6. The molecule has 0 aliphatic carbocycles. The SMILES string of the molecule is Cc1cc(N2CCCC2)ccc1C=NNc1nc(-c2ccccc2)c(C#N)c(=O)[nH]1. The molecule has 2 aromatic carbocycles. The average molecular weight is 398 g/mol. The van der Waals surface area contributed by atoms with Gasteiger partial charge in [0.1, 0.15) is 11.6 Å². The summed E-state index contributed by atoms with van der Waals surface area (Å²) in [6, 6.07) is 17.4. The van der Waals surface area contributed by atoms with E-state index in [2.05, 4.69) is 44.5 Å². The number of anilines is 2. The average Bonchev–Trinajstić information content (AvgIpc) is 3.30. The van der Waals surface area contributed by atoms with Crippen LogP contribution in [0.3, 0.4) is 0 Å². The number of benzene rings is 2. The van der Waals surface area contributed by atoms with Crippen molar-refractivity contribution in [1.29, 1.82) is 5.26 Å². The maximum Gasteiger partial charge on any atom is 0.270 e. The Morgan fingerprint density at radius 2 is 1.97 bits per heavy atom. The fourth-order valence-electron chi connectivity index (χ4n) is 3.57. The minimum atomic E-state index is -0.504. The molecule has 7 heteroatoms. The quantitative estimate of drug-likeness (QED) is 0.505. The third kappa shape index (κ3) is 4.08. The number of nitrogens with one attached hydrogen (secondary N) is 2. The van der Waals surface area contributed by atoms with Crippen molar-refractivity contribution in [2.75, 3.05) is 23.4 Å². The predicted molar refractivity (Wildman–Crippen MR) is 119 cm³/mol. The maximum absolute atomic E-state index is 12.3. The van der Waals surface area contributed by atoms with Crippen LogP contribution in [0, 0.1) is 18.3 Å². The number of aryl methyl sites for hydroxylation is 1. The Morgan fingerprint density at radius 1 is 1.20 bits per heavy atom. The van der Waals surface area contributed by atoms with E-state index in [0.29, 0.717) is 11.3 Å². The summed E-state index contributed by atoms with van der Waals surface area (Å²) in [5.41, 5.74) is 6.60. The molecule has 0 bridgehead atoms. The molecule has 7 nitrogen and oxygen atoms in total. The van der Waals surface area contributed by atoms with Crippen molar-refractivity contribution < 1.29 is 0 Å². The molecule has 0 unspecified atom stereocenters. The van der Waals surface area contributed by atoms with E-state index in [1.807, 2.05) is 30.3 Å². The molecule has 2 heterocycles. The first-order valence-corrected chi connectivity index (χ1v) is 9.90. The van der Waals surface area contributed by atoms with Crippen LogP contribution in [0.15, 0.2) is 58.4 Å². The first-order chi connectivity index (χ1) is 14.7. The Kier molecular flexibility index (Phi) is 5.57. The fraction of sp³-hybridized carbons (Fsp3) is 0.217. The monoisotopic (exact) mass is 398 g/mol. The number of H-pyrrole nitrogens is 1. The standard InChI is InChI=1S/C23H22N6O/c1-16-13-19(29-11-5-6-12-29)10-9-18(16)15-25-28-23-26-21(17-7-3-2-4-8-17)20(14-24)22(30)27-23/h2-4,7-10,13,15H,5-6,11-12H2,1H3,(H2,26,27,28,30). The van der Waals surface area contributed by atoms with Gasteiger partial charge in [-0.05, 0) is 43.0 Å². The van der Waals surface area contributed by atoms with Gasteiger partial charge < -0.3 is 4.90 Å². The molecular weight excluding hydrogens is 376 g/mol. The lowest BCUT2D eigenvalue weighted by Crippen LogP contribution is -2.17. The lowest BCUT2D eigenvalue weighted by molar-refractivity contribution is 0.949. The Hall–Kier alpha value is -3.92. The van der Waals surface area contributed by atoms with Crippen LogP contribution in [0.5, 0.6) is 0 Å². The van der Waals surface area contributed by atoms with Gasteiger partial charge in [-0.1, -0.05) is 36.4 Å². The molecule has 150 valence electrons. The fourth-order valence-corrected chi connectivity index (χ4v) is 3.57. The van der Waals surface area contributed by atoms with Gasteiger partial charge in [-0.25, -0.2) is 10.4 Å². The van der Waals surface area contributed by atoms with Gasteiger partial charge in [0.2, 0.25) is 5.95 Å². The highest BCUT2D eigenvalue weighted by molar-refractivity contribution is 5.83. The molecule has 2 N–H and O–H groups in total. The molecule has 0 atom stereocenters. The zero-order valence-electron chi connectivity index (χ0n) is 16.7. The van der Waals surface area contributed by atoms with E-state index < -0.39 is 5.56 Å². The number of hydrogen-bond donors (Lipinski definition) is 2. The van der Waals surface area contributed by atoms with Gasteiger partial charge >= 0.3 is 0 Å². The summed E-state index contributed by atoms with van der Waals surface area (Å²) in [7, 11) is 0. The summed E-state index contributed by atoms with van der Waals surface area (Å²) in [4.78, 5) is 21.6. The van der Waals surface area contributed by atoms with Gasteiger partial charge in [-0.2, -0.15) is 10.4 Å². The van der Waals surface area contributed by atoms with Gasteiger partial charge in [0.05, 0.1) is 11.9 Å². The molecule has 1 saturated heterocycles. The van der Waals surface area contributed by atoms with Crippen LogP contribution >= 0.6 is 0 Å². The summed E-state index contributed by atoms with van der Waals surface area (Å²) in [5.74, 6) is 0.181. The van der Waals surface area contributed by atoms with E-state index in [-0.39, 0.29) is 11.5 Å². The zero-order chi connectivity index (χ0) is 20.9. The lowest BCUT2D eigenvalue weighted by Gasteiger charge is -2.18. The molecule has 1 aliphatic rings. The van der Waals surface area contributed by atoms with Crippen LogP contribution < -0.4 is 15.9 Å². The minimum absolute atomic E-state index is 0.0240. The number of hydrazone groups is 1. The molecule has 0 saturated carbocycles. The Morgan fingerprint density at radius 3 is 2.67 bits per heavy atom. The van der Waals surface area contributed by atoms with Gasteiger partial charge in [-0.15, -0.1) is 0 Å². The van der Waals surface area contributed by atoms with Crippen molar-refractivity contribution in [2.24, 2.45) is 5.10 Å². The Balaban J connectivity index is 1.55. The molecule has 0 radical (unpaired) electrons. The van der Waals surface area contributed by atoms with E-state index in [1.165, 1.54) is 18.5 Å². The van der Waals surface area contributed by atoms with Gasteiger partial charge in [0.15, 0.2) is 0 Å². The summed E-state index contributed by atoms with van der Waals surface area (Å²) in [6.07, 6.45) is 4.18. The van der Waals surface area contributed by atoms with Crippen LogP contribution in [0.2, 0.25) is 0 Å². The highest BCUT2D eigenvalue weighted by Gasteiger charge is 2.14. The number of nitrogens with zero attached hydrogens (tertiary/aromatic N) is 4. The van der Waals surface area contributed by atoms with E-state index in [0.717, 1.165) is 24.2 Å². The zero-order valence-corrected chi connectivity index (χ0v) is 16.7. The Labute approximate surface area is 174 Å². The third-order valence-corrected chi connectivity index (χ3v) is 5.18. The van der Waals surface area contributed by atoms with Crippen LogP contribution in [0.25, 0.3) is 11.3 Å². The molecular formula is C23H22N6O. The van der Waals surface area contributed by atoms with Crippen LogP contribution in [0.4, 0.5) is 11.6 Å². The second-order valence-electron chi connectivity index (χ2n) is 7.22. The Bertz CT molecular complexity index is 1170. The van der Waals surface area contributed by atoms with Crippen LogP contribution in [0.1, 0.15) is 29.5 Å². The summed E-state index contributed by atoms with van der Waals surface area (Å²) >= 11 is 0. The predicted octanol–water partition coefficient (Wildman–Crippen LogP) is 3.66. The molecule has 1 fully saturated rings. The van der Waals surface area contributed by atoms with Crippen LogP contribution in [-0.4, -0.2) is 29.3 Å². The van der Waals surface area contributed by atoms with E-state index in [9.17, 15) is 10.1 Å². The number of nitriles is 1. The number of aromatic amines is 1. The molecule has 0 spiro atoms. The first kappa shape index (κ1) is 19.4. The highest BCUT2D eigenvalue weighted by atomic mass is 16.1. The van der Waals surface area contributed by atoms with Gasteiger partial charge in [0, 0.05) is 24.3 Å². The highest BCUT2D eigenvalue weighted by Crippen LogP contribution is 2.23. The number of aromatic nitrogens is 2. The molecule has 4 rings (SSSR count). The summed E-state index contributed by atoms with van der Waals surface area (Å²) < 4.78 is 0. The first-order valence-electron chi connectivity index (χ1n) is 9.90. The molecule has 30 heavy (non-hydrogen) atoms. The van der Waals surface area contributed by atoms with Crippen molar-refractivity contribution in [3.63, 3.8) is 0 Å². The second kappa shape index (κ2) is 8.62. The lowest BCUT2D eigenvalue weighted by atomic mass is 10.1. The van der Waals surface area contributed by atoms with Gasteiger partial charge in [0.25, 0.3) is 5.56 Å². The molecule has 0 amide bonds. The van der Waals surface area contributed by atoms with Crippen molar-refractivity contribution in [1.82, 2.24) is 9.97 Å². The number of rotatable bonds is 5. The normalized spacial score (nSPS) is 13.5. The van der Waals surface area contributed by atoms with Crippen LogP contribution in [-0.2, 0) is 0 Å². The third-order valence-electron chi connectivity index (χ3n) is 5.18.